The van der Waals surface area contributed by atoms with Crippen molar-refractivity contribution >= 4 is 43.6 Å². The maximum absolute atomic E-state index is 6.19. The number of aromatic amines is 1. The molecule has 5 rings (SSSR count). The van der Waals surface area contributed by atoms with Crippen LogP contribution < -0.4 is 5.55 Å². The van der Waals surface area contributed by atoms with Crippen molar-refractivity contribution in [3.05, 3.63) is 88.4 Å². The number of aromatic nitrogens is 2. The van der Waals surface area contributed by atoms with E-state index in [2.05, 4.69) is 33.9 Å². The first-order valence-corrected chi connectivity index (χ1v) is 9.75. The predicted molar refractivity (Wildman–Crippen MR) is 115 cm³/mol. The molecule has 136 valence electrons. The quantitative estimate of drug-likeness (QED) is 0.358. The third-order valence-electron chi connectivity index (χ3n) is 4.62. The van der Waals surface area contributed by atoms with Crippen LogP contribution in [0.25, 0.3) is 33.4 Å². The molecule has 0 spiro atoms. The van der Waals surface area contributed by atoms with Gasteiger partial charge in [0, 0.05) is 9.86 Å². The molecule has 2 aromatic heterocycles. The Bertz CT molecular complexity index is 1350. The molecular formula is C23H16BrN3O. The van der Waals surface area contributed by atoms with Crippen LogP contribution in [0.5, 0.6) is 0 Å². The molecule has 5 heteroatoms. The second-order valence-electron chi connectivity index (χ2n) is 6.70. The van der Waals surface area contributed by atoms with Crippen LogP contribution in [0.2, 0.25) is 0 Å². The van der Waals surface area contributed by atoms with E-state index < -0.39 is 0 Å². The summed E-state index contributed by atoms with van der Waals surface area (Å²) in [5, 5.41) is 0.979. The highest BCUT2D eigenvalue weighted by atomic mass is 79.9. The molecule has 0 unspecified atom stereocenters. The average Bonchev–Trinajstić information content (AvgIpc) is 3.13. The van der Waals surface area contributed by atoms with Crippen LogP contribution in [0.4, 0.5) is 5.69 Å². The number of H-pyrrole nitrogens is 1. The fourth-order valence-corrected chi connectivity index (χ4v) is 3.55. The van der Waals surface area contributed by atoms with E-state index in [4.69, 9.17) is 14.4 Å². The van der Waals surface area contributed by atoms with E-state index in [1.165, 1.54) is 5.56 Å². The molecule has 0 radical (unpaired) electrons. The van der Waals surface area contributed by atoms with Crippen molar-refractivity contribution in [1.82, 2.24) is 9.97 Å². The zero-order valence-electron chi connectivity index (χ0n) is 15.1. The Morgan fingerprint density at radius 3 is 2.61 bits per heavy atom. The smallest absolute Gasteiger partial charge is 0.230 e. The van der Waals surface area contributed by atoms with Crippen molar-refractivity contribution in [2.75, 3.05) is 0 Å². The van der Waals surface area contributed by atoms with E-state index in [1.54, 1.807) is 0 Å². The molecule has 0 fully saturated rings. The van der Waals surface area contributed by atoms with Crippen LogP contribution in [0.15, 0.2) is 86.7 Å². The molecule has 0 aliphatic heterocycles. The van der Waals surface area contributed by atoms with Crippen LogP contribution in [-0.4, -0.2) is 9.97 Å². The number of benzene rings is 3. The standard InChI is InChI=1S/C23H16BrN3O/c1-14-6-9-17(10-7-14)25-23-18(13-15-12-16(24)8-11-21(15)28-23)22-26-19-4-2-3-5-20(19)27-22/h2-13H,1H3,(H,26,27). The number of hydrogen-bond donors (Lipinski definition) is 1. The highest BCUT2D eigenvalue weighted by Crippen LogP contribution is 2.25. The molecule has 0 aliphatic rings. The van der Waals surface area contributed by atoms with Gasteiger partial charge in [-0.1, -0.05) is 45.8 Å². The van der Waals surface area contributed by atoms with Crippen molar-refractivity contribution in [3.8, 4) is 11.4 Å². The van der Waals surface area contributed by atoms with Gasteiger partial charge in [0.2, 0.25) is 5.55 Å². The summed E-state index contributed by atoms with van der Waals surface area (Å²) in [6.07, 6.45) is 0. The topological polar surface area (TPSA) is 54.2 Å². The average molecular weight is 430 g/mol. The van der Waals surface area contributed by atoms with Crippen LogP contribution in [0, 0.1) is 6.92 Å². The lowest BCUT2D eigenvalue weighted by molar-refractivity contribution is 0.547. The van der Waals surface area contributed by atoms with Crippen LogP contribution >= 0.6 is 15.9 Å². The molecule has 0 bridgehead atoms. The van der Waals surface area contributed by atoms with Crippen molar-refractivity contribution in [2.45, 2.75) is 6.92 Å². The van der Waals surface area contributed by atoms with E-state index >= 15 is 0 Å². The third-order valence-corrected chi connectivity index (χ3v) is 5.11. The Balaban J connectivity index is 1.80. The Kier molecular flexibility index (Phi) is 4.10. The van der Waals surface area contributed by atoms with E-state index in [0.29, 0.717) is 5.55 Å². The number of rotatable bonds is 2. The van der Waals surface area contributed by atoms with Crippen molar-refractivity contribution in [2.24, 2.45) is 4.99 Å². The Hall–Kier alpha value is -3.18. The molecule has 5 aromatic rings. The Morgan fingerprint density at radius 2 is 1.79 bits per heavy atom. The second kappa shape index (κ2) is 6.77. The summed E-state index contributed by atoms with van der Waals surface area (Å²) in [6, 6.07) is 24.0. The minimum absolute atomic E-state index is 0.526. The largest absolute Gasteiger partial charge is 0.438 e. The molecule has 28 heavy (non-hydrogen) atoms. The summed E-state index contributed by atoms with van der Waals surface area (Å²) in [7, 11) is 0. The zero-order chi connectivity index (χ0) is 19.1. The van der Waals surface area contributed by atoms with Gasteiger partial charge < -0.3 is 9.40 Å². The summed E-state index contributed by atoms with van der Waals surface area (Å²) < 4.78 is 7.18. The Morgan fingerprint density at radius 1 is 0.964 bits per heavy atom. The number of aryl methyl sites for hydroxylation is 1. The molecule has 0 saturated carbocycles. The van der Waals surface area contributed by atoms with Crippen LogP contribution in [0.1, 0.15) is 5.56 Å². The number of nitrogens with zero attached hydrogens (tertiary/aromatic N) is 2. The first kappa shape index (κ1) is 17.0. The van der Waals surface area contributed by atoms with Gasteiger partial charge in [0.25, 0.3) is 0 Å². The number of hydrogen-bond acceptors (Lipinski definition) is 3. The molecular weight excluding hydrogens is 414 g/mol. The van der Waals surface area contributed by atoms with E-state index in [-0.39, 0.29) is 0 Å². The SMILES string of the molecule is Cc1ccc(N=c2oc3ccc(Br)cc3cc2-c2nc3ccccc3[nH]2)cc1. The minimum atomic E-state index is 0.526. The molecule has 3 aromatic carbocycles. The normalized spacial score (nSPS) is 12.1. The van der Waals surface area contributed by atoms with Gasteiger partial charge >= 0.3 is 0 Å². The van der Waals surface area contributed by atoms with Gasteiger partial charge in [0.05, 0.1) is 22.3 Å². The van der Waals surface area contributed by atoms with Gasteiger partial charge in [0.15, 0.2) is 0 Å². The summed E-state index contributed by atoms with van der Waals surface area (Å²) >= 11 is 3.53. The number of fused-ring (bicyclic) bond motifs is 2. The number of halogens is 1. The zero-order valence-corrected chi connectivity index (χ0v) is 16.7. The monoisotopic (exact) mass is 429 g/mol. The highest BCUT2D eigenvalue weighted by molar-refractivity contribution is 9.10. The number of para-hydroxylation sites is 2. The number of nitrogens with one attached hydrogen (secondary N) is 1. The fraction of sp³-hybridized carbons (Fsp3) is 0.0435. The first-order chi connectivity index (χ1) is 13.7. The maximum Gasteiger partial charge on any atom is 0.230 e. The molecule has 1 N–H and O–H groups in total. The summed E-state index contributed by atoms with van der Waals surface area (Å²) in [5.74, 6) is 0.734. The maximum atomic E-state index is 6.19. The second-order valence-corrected chi connectivity index (χ2v) is 7.61. The third kappa shape index (κ3) is 3.14. The molecule has 2 heterocycles. The number of imidazole rings is 1. The van der Waals surface area contributed by atoms with Crippen molar-refractivity contribution in [3.63, 3.8) is 0 Å². The summed E-state index contributed by atoms with van der Waals surface area (Å²) in [5.41, 5.74) is 6.04. The summed E-state index contributed by atoms with van der Waals surface area (Å²) in [4.78, 5) is 12.9. The van der Waals surface area contributed by atoms with E-state index in [9.17, 15) is 0 Å². The van der Waals surface area contributed by atoms with Crippen molar-refractivity contribution in [1.29, 1.82) is 0 Å². The first-order valence-electron chi connectivity index (χ1n) is 8.96. The molecule has 0 aliphatic carbocycles. The molecule has 4 nitrogen and oxygen atoms in total. The minimum Gasteiger partial charge on any atom is -0.438 e. The van der Waals surface area contributed by atoms with Gasteiger partial charge in [0.1, 0.15) is 11.4 Å². The lowest BCUT2D eigenvalue weighted by Crippen LogP contribution is -2.06. The van der Waals surface area contributed by atoms with Gasteiger partial charge in [-0.3, -0.25) is 0 Å². The molecule has 0 atom stereocenters. The Labute approximate surface area is 169 Å². The van der Waals surface area contributed by atoms with E-state index in [0.717, 1.165) is 43.6 Å². The van der Waals surface area contributed by atoms with Gasteiger partial charge in [-0.2, -0.15) is 0 Å². The van der Waals surface area contributed by atoms with Gasteiger partial charge in [-0.25, -0.2) is 9.98 Å². The van der Waals surface area contributed by atoms with E-state index in [1.807, 2.05) is 66.7 Å². The highest BCUT2D eigenvalue weighted by Gasteiger charge is 2.11. The lowest BCUT2D eigenvalue weighted by Gasteiger charge is -2.04. The molecule has 0 saturated heterocycles. The van der Waals surface area contributed by atoms with Crippen LogP contribution in [0.3, 0.4) is 0 Å². The fourth-order valence-electron chi connectivity index (χ4n) is 3.17. The molecule has 0 amide bonds. The van der Waals surface area contributed by atoms with Gasteiger partial charge in [-0.05, 0) is 55.5 Å². The summed E-state index contributed by atoms with van der Waals surface area (Å²) in [6.45, 7) is 2.06. The van der Waals surface area contributed by atoms with Crippen molar-refractivity contribution < 1.29 is 4.42 Å². The van der Waals surface area contributed by atoms with Gasteiger partial charge in [-0.15, -0.1) is 0 Å². The predicted octanol–water partition coefficient (Wildman–Crippen LogP) is 6.28. The lowest BCUT2D eigenvalue weighted by atomic mass is 10.1. The van der Waals surface area contributed by atoms with Crippen LogP contribution in [-0.2, 0) is 0 Å².